The number of rotatable bonds is 5. The Morgan fingerprint density at radius 2 is 1.54 bits per heavy atom. The lowest BCUT2D eigenvalue weighted by Crippen LogP contribution is -2.46. The summed E-state index contributed by atoms with van der Waals surface area (Å²) in [5.74, 6) is 0.395. The van der Waals surface area contributed by atoms with Crippen molar-refractivity contribution in [3.63, 3.8) is 0 Å². The summed E-state index contributed by atoms with van der Waals surface area (Å²) in [7, 11) is 0. The minimum absolute atomic E-state index is 0.0605. The predicted molar refractivity (Wildman–Crippen MR) is 98.8 cm³/mol. The topological polar surface area (TPSA) is 55.8 Å². The van der Waals surface area contributed by atoms with Gasteiger partial charge in [0.15, 0.2) is 11.9 Å². The molecule has 1 atom stereocenters. The monoisotopic (exact) mass is 373 g/mol. The number of ether oxygens (including phenoxy) is 2. The molecule has 0 saturated carbocycles. The zero-order valence-corrected chi connectivity index (χ0v) is 15.2. The van der Waals surface area contributed by atoms with Crippen LogP contribution in [0.5, 0.6) is 5.75 Å². The molecule has 0 N–H and O–H groups in total. The molecule has 0 aromatic heterocycles. The number of carbonyl (C=O) groups is 2. The molecular weight excluding hydrogens is 354 g/mol. The lowest BCUT2D eigenvalue weighted by molar-refractivity contribution is -0.142. The van der Waals surface area contributed by atoms with Crippen molar-refractivity contribution in [3.05, 3.63) is 64.7 Å². The highest BCUT2D eigenvalue weighted by atomic mass is 35.5. The Bertz CT molecular complexity index is 767. The Labute approximate surface area is 157 Å². The van der Waals surface area contributed by atoms with Gasteiger partial charge in [0.2, 0.25) is 0 Å². The van der Waals surface area contributed by atoms with E-state index >= 15 is 0 Å². The van der Waals surface area contributed by atoms with Gasteiger partial charge in [0.05, 0.1) is 13.2 Å². The highest BCUT2D eigenvalue weighted by Gasteiger charge is 2.23. The number of morpholine rings is 1. The number of nitrogens with zero attached hydrogens (tertiary/aromatic N) is 1. The van der Waals surface area contributed by atoms with Crippen molar-refractivity contribution < 1.29 is 19.1 Å². The SMILES string of the molecule is CC(Oc1ccc(C(=O)c2ccc(Cl)cc2)cc1)C(=O)N1CCOCC1. The Hall–Kier alpha value is -2.37. The highest BCUT2D eigenvalue weighted by molar-refractivity contribution is 6.30. The van der Waals surface area contributed by atoms with Crippen molar-refractivity contribution in [1.82, 2.24) is 4.90 Å². The molecule has 136 valence electrons. The number of ketones is 1. The second kappa shape index (κ2) is 8.34. The Balaban J connectivity index is 1.62. The fourth-order valence-corrected chi connectivity index (χ4v) is 2.87. The number of carbonyl (C=O) groups excluding carboxylic acids is 2. The van der Waals surface area contributed by atoms with E-state index in [4.69, 9.17) is 21.1 Å². The van der Waals surface area contributed by atoms with Gasteiger partial charge < -0.3 is 14.4 Å². The van der Waals surface area contributed by atoms with Gasteiger partial charge >= 0.3 is 0 Å². The average molecular weight is 374 g/mol. The lowest BCUT2D eigenvalue weighted by Gasteiger charge is -2.29. The van der Waals surface area contributed by atoms with Crippen LogP contribution < -0.4 is 4.74 Å². The number of hydrogen-bond acceptors (Lipinski definition) is 4. The van der Waals surface area contributed by atoms with Gasteiger partial charge in [-0.05, 0) is 55.5 Å². The summed E-state index contributed by atoms with van der Waals surface area (Å²) < 4.78 is 11.0. The van der Waals surface area contributed by atoms with Crippen molar-refractivity contribution in [2.24, 2.45) is 0 Å². The van der Waals surface area contributed by atoms with E-state index in [-0.39, 0.29) is 11.7 Å². The van der Waals surface area contributed by atoms with Crippen LogP contribution in [0.3, 0.4) is 0 Å². The van der Waals surface area contributed by atoms with Crippen LogP contribution in [0.2, 0.25) is 5.02 Å². The van der Waals surface area contributed by atoms with Gasteiger partial charge in [-0.1, -0.05) is 11.6 Å². The summed E-state index contributed by atoms with van der Waals surface area (Å²) in [5.41, 5.74) is 1.12. The molecule has 2 aromatic rings. The van der Waals surface area contributed by atoms with Crippen LogP contribution in [-0.2, 0) is 9.53 Å². The Morgan fingerprint density at radius 3 is 2.12 bits per heavy atom. The molecule has 6 heteroatoms. The summed E-state index contributed by atoms with van der Waals surface area (Å²) in [5, 5.41) is 0.587. The molecule has 2 aromatic carbocycles. The van der Waals surface area contributed by atoms with Crippen LogP contribution >= 0.6 is 11.6 Å². The largest absolute Gasteiger partial charge is 0.481 e. The molecule has 0 bridgehead atoms. The molecule has 26 heavy (non-hydrogen) atoms. The molecule has 5 nitrogen and oxygen atoms in total. The van der Waals surface area contributed by atoms with Crippen LogP contribution in [0.4, 0.5) is 0 Å². The van der Waals surface area contributed by atoms with Crippen LogP contribution in [0.15, 0.2) is 48.5 Å². The number of halogens is 1. The van der Waals surface area contributed by atoms with E-state index in [1.165, 1.54) is 0 Å². The normalized spacial score (nSPS) is 15.4. The summed E-state index contributed by atoms with van der Waals surface area (Å²) in [6, 6.07) is 13.5. The summed E-state index contributed by atoms with van der Waals surface area (Å²) in [4.78, 5) is 26.6. The van der Waals surface area contributed by atoms with Crippen molar-refractivity contribution in [3.8, 4) is 5.75 Å². The van der Waals surface area contributed by atoms with Crippen LogP contribution in [0, 0.1) is 0 Å². The Kier molecular flexibility index (Phi) is 5.91. The van der Waals surface area contributed by atoms with E-state index in [0.29, 0.717) is 48.2 Å². The van der Waals surface area contributed by atoms with E-state index < -0.39 is 6.10 Å². The predicted octanol–water partition coefficient (Wildman–Crippen LogP) is 3.20. The highest BCUT2D eigenvalue weighted by Crippen LogP contribution is 2.18. The second-order valence-corrected chi connectivity index (χ2v) is 6.49. The summed E-state index contributed by atoms with van der Waals surface area (Å²) >= 11 is 5.85. The molecule has 0 spiro atoms. The van der Waals surface area contributed by atoms with Crippen LogP contribution in [-0.4, -0.2) is 49.0 Å². The standard InChI is InChI=1S/C20H20ClNO4/c1-14(20(24)22-10-12-25-13-11-22)26-18-8-4-16(5-9-18)19(23)15-2-6-17(21)7-3-15/h2-9,14H,10-13H2,1H3. The van der Waals surface area contributed by atoms with Crippen molar-refractivity contribution in [2.45, 2.75) is 13.0 Å². The number of benzene rings is 2. The third-order valence-electron chi connectivity index (χ3n) is 4.21. The maximum absolute atomic E-state index is 12.4. The molecule has 1 aliphatic heterocycles. The minimum Gasteiger partial charge on any atom is -0.481 e. The van der Waals surface area contributed by atoms with Crippen LogP contribution in [0.25, 0.3) is 0 Å². The first-order valence-corrected chi connectivity index (χ1v) is 8.86. The van der Waals surface area contributed by atoms with Gasteiger partial charge in [-0.2, -0.15) is 0 Å². The zero-order chi connectivity index (χ0) is 18.5. The Morgan fingerprint density at radius 1 is 1.00 bits per heavy atom. The van der Waals surface area contributed by atoms with E-state index in [0.717, 1.165) is 0 Å². The van der Waals surface area contributed by atoms with Gasteiger partial charge in [-0.15, -0.1) is 0 Å². The second-order valence-electron chi connectivity index (χ2n) is 6.06. The average Bonchev–Trinajstić information content (AvgIpc) is 2.68. The molecule has 1 aliphatic rings. The third kappa shape index (κ3) is 4.42. The first-order valence-electron chi connectivity index (χ1n) is 8.48. The minimum atomic E-state index is -0.592. The first kappa shape index (κ1) is 18.4. The molecule has 1 amide bonds. The zero-order valence-electron chi connectivity index (χ0n) is 14.5. The molecule has 1 unspecified atom stereocenters. The third-order valence-corrected chi connectivity index (χ3v) is 4.46. The van der Waals surface area contributed by atoms with Crippen molar-refractivity contribution >= 4 is 23.3 Å². The fraction of sp³-hybridized carbons (Fsp3) is 0.300. The maximum Gasteiger partial charge on any atom is 0.263 e. The van der Waals surface area contributed by atoms with E-state index in [1.807, 2.05) is 0 Å². The molecule has 0 aliphatic carbocycles. The van der Waals surface area contributed by atoms with Gasteiger partial charge in [-0.25, -0.2) is 0 Å². The molecule has 0 radical (unpaired) electrons. The summed E-state index contributed by atoms with van der Waals surface area (Å²) in [6.07, 6.45) is -0.592. The molecule has 1 saturated heterocycles. The molecule has 1 heterocycles. The van der Waals surface area contributed by atoms with Gasteiger partial charge in [-0.3, -0.25) is 9.59 Å². The smallest absolute Gasteiger partial charge is 0.263 e. The van der Waals surface area contributed by atoms with Crippen molar-refractivity contribution in [2.75, 3.05) is 26.3 Å². The summed E-state index contributed by atoms with van der Waals surface area (Å²) in [6.45, 7) is 4.01. The van der Waals surface area contributed by atoms with Crippen LogP contribution in [0.1, 0.15) is 22.8 Å². The number of amides is 1. The fourth-order valence-electron chi connectivity index (χ4n) is 2.75. The van der Waals surface area contributed by atoms with Gasteiger partial charge in [0.25, 0.3) is 5.91 Å². The van der Waals surface area contributed by atoms with Gasteiger partial charge in [0.1, 0.15) is 5.75 Å². The van der Waals surface area contributed by atoms with Crippen molar-refractivity contribution in [1.29, 1.82) is 0 Å². The van der Waals surface area contributed by atoms with E-state index in [9.17, 15) is 9.59 Å². The molecular formula is C20H20ClNO4. The van der Waals surface area contributed by atoms with E-state index in [1.54, 1.807) is 60.4 Å². The first-order chi connectivity index (χ1) is 12.5. The van der Waals surface area contributed by atoms with Gasteiger partial charge in [0, 0.05) is 29.2 Å². The number of hydrogen-bond donors (Lipinski definition) is 0. The lowest BCUT2D eigenvalue weighted by atomic mass is 10.0. The maximum atomic E-state index is 12.4. The molecule has 1 fully saturated rings. The molecule has 3 rings (SSSR count). The quantitative estimate of drug-likeness (QED) is 0.755. The van der Waals surface area contributed by atoms with E-state index in [2.05, 4.69) is 0 Å².